The van der Waals surface area contributed by atoms with E-state index in [0.29, 0.717) is 11.1 Å². The molecule has 0 saturated heterocycles. The molecule has 2 aromatic rings. The van der Waals surface area contributed by atoms with E-state index < -0.39 is 0 Å². The lowest BCUT2D eigenvalue weighted by atomic mass is 9.97. The number of benzene rings is 2. The van der Waals surface area contributed by atoms with Gasteiger partial charge in [-0.25, -0.2) is 0 Å². The Hall–Kier alpha value is -1.78. The number of rotatable bonds is 6. The van der Waals surface area contributed by atoms with Crippen molar-refractivity contribution in [2.24, 2.45) is 0 Å². The van der Waals surface area contributed by atoms with Crippen molar-refractivity contribution in [3.8, 4) is 0 Å². The Labute approximate surface area is 139 Å². The summed E-state index contributed by atoms with van der Waals surface area (Å²) in [5, 5.41) is 0. The highest BCUT2D eigenvalue weighted by Crippen LogP contribution is 2.31. The second-order valence-corrected chi connectivity index (χ2v) is 6.35. The number of hydrogen-bond acceptors (Lipinski definition) is 4. The number of thioether (sulfide) groups is 2. The first-order valence-corrected chi connectivity index (χ1v) is 9.15. The van der Waals surface area contributed by atoms with E-state index in [2.05, 4.69) is 0 Å². The molecule has 0 fully saturated rings. The van der Waals surface area contributed by atoms with E-state index in [1.165, 1.54) is 23.5 Å². The van der Waals surface area contributed by atoms with Crippen molar-refractivity contribution in [1.82, 2.24) is 0 Å². The predicted octanol–water partition coefficient (Wildman–Crippen LogP) is 4.69. The molecule has 0 heterocycles. The molecular formula is C18H16O2S2. The molecule has 4 heteroatoms. The summed E-state index contributed by atoms with van der Waals surface area (Å²) in [7, 11) is 0. The first-order valence-electron chi connectivity index (χ1n) is 6.70. The summed E-state index contributed by atoms with van der Waals surface area (Å²) in [6.45, 7) is 0. The number of Topliss-reactive ketones (excluding diaryl/α,β-unsaturated/α-hetero) is 2. The average molecular weight is 328 g/mol. The number of hydrogen-bond donors (Lipinski definition) is 0. The molecule has 0 aliphatic heterocycles. The lowest BCUT2D eigenvalue weighted by molar-refractivity contribution is 0.0962. The molecule has 2 nitrogen and oxygen atoms in total. The molecule has 2 aromatic carbocycles. The smallest absolute Gasteiger partial charge is 0.198 e. The van der Waals surface area contributed by atoms with Gasteiger partial charge in [0, 0.05) is 11.1 Å². The zero-order valence-corrected chi connectivity index (χ0v) is 14.0. The average Bonchev–Trinajstić information content (AvgIpc) is 2.60. The molecule has 0 amide bonds. The fraction of sp³-hybridized carbons (Fsp3) is 0.111. The van der Waals surface area contributed by atoms with Gasteiger partial charge in [0.05, 0.1) is 9.81 Å². The third-order valence-corrected chi connectivity index (χ3v) is 5.25. The summed E-state index contributed by atoms with van der Waals surface area (Å²) in [5.74, 6) is -0.457. The van der Waals surface area contributed by atoms with E-state index in [1.54, 1.807) is 48.5 Å². The Kier molecular flexibility index (Phi) is 6.04. The number of allylic oxidation sites excluding steroid dienone is 1. The van der Waals surface area contributed by atoms with Gasteiger partial charge in [0.2, 0.25) is 0 Å². The lowest BCUT2D eigenvalue weighted by Crippen LogP contribution is -2.15. The van der Waals surface area contributed by atoms with Crippen LogP contribution in [-0.2, 0) is 0 Å². The van der Waals surface area contributed by atoms with Crippen LogP contribution in [0.5, 0.6) is 0 Å². The second kappa shape index (κ2) is 8.01. The highest BCUT2D eigenvalue weighted by molar-refractivity contribution is 8.21. The maximum absolute atomic E-state index is 12.8. The van der Waals surface area contributed by atoms with Crippen LogP contribution in [0.2, 0.25) is 0 Å². The molecule has 2 rings (SSSR count). The Morgan fingerprint density at radius 3 is 1.36 bits per heavy atom. The van der Waals surface area contributed by atoms with Crippen molar-refractivity contribution in [2.45, 2.75) is 0 Å². The van der Waals surface area contributed by atoms with Crippen LogP contribution < -0.4 is 0 Å². The minimum absolute atomic E-state index is 0.229. The molecule has 0 aliphatic rings. The number of ketones is 2. The van der Waals surface area contributed by atoms with Gasteiger partial charge in [0.15, 0.2) is 11.6 Å². The summed E-state index contributed by atoms with van der Waals surface area (Å²) < 4.78 is 0.739. The summed E-state index contributed by atoms with van der Waals surface area (Å²) in [6, 6.07) is 17.8. The maximum atomic E-state index is 12.8. The maximum Gasteiger partial charge on any atom is 0.198 e. The van der Waals surface area contributed by atoms with Crippen molar-refractivity contribution in [3.63, 3.8) is 0 Å². The Bertz CT molecular complexity index is 632. The molecule has 0 spiro atoms. The molecule has 0 aliphatic carbocycles. The molecule has 0 radical (unpaired) electrons. The SMILES string of the molecule is CSC(SC)=C(C(=O)c1ccccc1)C(=O)c1ccccc1. The van der Waals surface area contributed by atoms with Crippen LogP contribution in [-0.4, -0.2) is 24.1 Å². The topological polar surface area (TPSA) is 34.1 Å². The third kappa shape index (κ3) is 3.70. The highest BCUT2D eigenvalue weighted by Gasteiger charge is 2.24. The molecule has 112 valence electrons. The third-order valence-electron chi connectivity index (χ3n) is 3.10. The van der Waals surface area contributed by atoms with Gasteiger partial charge in [-0.05, 0) is 12.5 Å². The van der Waals surface area contributed by atoms with Gasteiger partial charge in [0.25, 0.3) is 0 Å². The van der Waals surface area contributed by atoms with Gasteiger partial charge in [-0.3, -0.25) is 9.59 Å². The quantitative estimate of drug-likeness (QED) is 0.333. The van der Waals surface area contributed by atoms with Crippen LogP contribution in [0.3, 0.4) is 0 Å². The monoisotopic (exact) mass is 328 g/mol. The van der Waals surface area contributed by atoms with E-state index in [0.717, 1.165) is 4.24 Å². The van der Waals surface area contributed by atoms with E-state index in [1.807, 2.05) is 24.6 Å². The van der Waals surface area contributed by atoms with E-state index in [4.69, 9.17) is 0 Å². The van der Waals surface area contributed by atoms with Crippen LogP contribution in [0.1, 0.15) is 20.7 Å². The highest BCUT2D eigenvalue weighted by atomic mass is 32.2. The van der Waals surface area contributed by atoms with Crippen molar-refractivity contribution >= 4 is 35.1 Å². The Morgan fingerprint density at radius 2 is 1.05 bits per heavy atom. The van der Waals surface area contributed by atoms with Crippen LogP contribution in [0.25, 0.3) is 0 Å². The van der Waals surface area contributed by atoms with Crippen LogP contribution in [0.4, 0.5) is 0 Å². The number of carbonyl (C=O) groups excluding carboxylic acids is 2. The molecule has 0 atom stereocenters. The van der Waals surface area contributed by atoms with Crippen LogP contribution in [0.15, 0.2) is 70.5 Å². The molecule has 0 saturated carbocycles. The van der Waals surface area contributed by atoms with Gasteiger partial charge in [-0.1, -0.05) is 60.7 Å². The first kappa shape index (κ1) is 16.6. The van der Waals surface area contributed by atoms with Gasteiger partial charge in [-0.2, -0.15) is 0 Å². The van der Waals surface area contributed by atoms with Crippen molar-refractivity contribution in [3.05, 3.63) is 81.6 Å². The summed E-state index contributed by atoms with van der Waals surface area (Å²) in [6.07, 6.45) is 3.75. The molecule has 0 aromatic heterocycles. The zero-order valence-electron chi connectivity index (χ0n) is 12.4. The molecule has 0 unspecified atom stereocenters. The minimum Gasteiger partial charge on any atom is -0.288 e. The first-order chi connectivity index (χ1) is 10.7. The summed E-state index contributed by atoms with van der Waals surface area (Å²) in [5.41, 5.74) is 1.31. The minimum atomic E-state index is -0.229. The van der Waals surface area contributed by atoms with E-state index >= 15 is 0 Å². The van der Waals surface area contributed by atoms with Crippen molar-refractivity contribution in [2.75, 3.05) is 12.5 Å². The molecule has 0 bridgehead atoms. The van der Waals surface area contributed by atoms with Crippen molar-refractivity contribution in [1.29, 1.82) is 0 Å². The fourth-order valence-electron chi connectivity index (χ4n) is 2.04. The fourth-order valence-corrected chi connectivity index (χ4v) is 3.49. The Morgan fingerprint density at radius 1 is 0.682 bits per heavy atom. The van der Waals surface area contributed by atoms with Gasteiger partial charge in [-0.15, -0.1) is 23.5 Å². The van der Waals surface area contributed by atoms with Crippen LogP contribution in [0, 0.1) is 0 Å². The van der Waals surface area contributed by atoms with Crippen molar-refractivity contribution < 1.29 is 9.59 Å². The van der Waals surface area contributed by atoms with E-state index in [-0.39, 0.29) is 17.1 Å². The molecular weight excluding hydrogens is 312 g/mol. The summed E-state index contributed by atoms with van der Waals surface area (Å²) >= 11 is 2.85. The normalized spacial score (nSPS) is 10.1. The molecule has 22 heavy (non-hydrogen) atoms. The lowest BCUT2D eigenvalue weighted by Gasteiger charge is -2.11. The second-order valence-electron chi connectivity index (χ2n) is 4.46. The number of carbonyl (C=O) groups is 2. The largest absolute Gasteiger partial charge is 0.288 e. The van der Waals surface area contributed by atoms with E-state index in [9.17, 15) is 9.59 Å². The Balaban J connectivity index is 2.52. The van der Waals surface area contributed by atoms with Gasteiger partial charge < -0.3 is 0 Å². The van der Waals surface area contributed by atoms with Gasteiger partial charge >= 0.3 is 0 Å². The predicted molar refractivity (Wildman–Crippen MR) is 95.6 cm³/mol. The zero-order chi connectivity index (χ0) is 15.9. The van der Waals surface area contributed by atoms with Crippen LogP contribution >= 0.6 is 23.5 Å². The summed E-state index contributed by atoms with van der Waals surface area (Å²) in [4.78, 5) is 25.6. The standard InChI is InChI=1S/C18H16O2S2/c1-21-18(22-2)15(16(19)13-9-5-3-6-10-13)17(20)14-11-7-4-8-12-14/h3-12H,1-2H3. The van der Waals surface area contributed by atoms with Gasteiger partial charge in [0.1, 0.15) is 0 Å². The molecule has 0 N–H and O–H groups in total.